The number of likely N-dealkylation sites (tertiary alicyclic amines) is 1. The van der Waals surface area contributed by atoms with Crippen molar-refractivity contribution in [2.75, 3.05) is 25.0 Å². The third-order valence-electron chi connectivity index (χ3n) is 6.07. The molecule has 2 heterocycles. The quantitative estimate of drug-likeness (QED) is 0.196. The topological polar surface area (TPSA) is 123 Å². The van der Waals surface area contributed by atoms with Gasteiger partial charge in [-0.1, -0.05) is 12.1 Å². The van der Waals surface area contributed by atoms with Crippen LogP contribution in [0.2, 0.25) is 0 Å². The lowest BCUT2D eigenvalue weighted by Gasteiger charge is -2.22. The number of nitriles is 1. The van der Waals surface area contributed by atoms with Crippen LogP contribution < -0.4 is 16.0 Å². The Morgan fingerprint density at radius 2 is 2.11 bits per heavy atom. The molecule has 4 rings (SSSR count). The summed E-state index contributed by atoms with van der Waals surface area (Å²) in [4.78, 5) is 31.8. The molecule has 9 nitrogen and oxygen atoms in total. The predicted octanol–water partition coefficient (Wildman–Crippen LogP) is 3.46. The van der Waals surface area contributed by atoms with Crippen molar-refractivity contribution in [2.24, 2.45) is 4.99 Å². The highest BCUT2D eigenvalue weighted by molar-refractivity contribution is 5.98. The van der Waals surface area contributed by atoms with E-state index in [1.807, 2.05) is 31.3 Å². The van der Waals surface area contributed by atoms with Gasteiger partial charge in [-0.2, -0.15) is 5.26 Å². The molecular formula is C27H29FN6O3. The number of hydrogen-bond donors (Lipinski definition) is 3. The van der Waals surface area contributed by atoms with Crippen molar-refractivity contribution in [2.45, 2.75) is 38.6 Å². The lowest BCUT2D eigenvalue weighted by Crippen LogP contribution is -2.44. The lowest BCUT2D eigenvalue weighted by atomic mass is 10.1. The van der Waals surface area contributed by atoms with Crippen LogP contribution in [0.3, 0.4) is 0 Å². The van der Waals surface area contributed by atoms with Gasteiger partial charge in [0.15, 0.2) is 6.19 Å². The van der Waals surface area contributed by atoms with E-state index in [2.05, 4.69) is 20.9 Å². The minimum absolute atomic E-state index is 0.0844. The Morgan fingerprint density at radius 1 is 1.24 bits per heavy atom. The maximum Gasteiger partial charge on any atom is 0.247 e. The number of carbonyl (C=O) groups is 2. The fourth-order valence-electron chi connectivity index (χ4n) is 4.32. The van der Waals surface area contributed by atoms with Crippen LogP contribution in [-0.4, -0.2) is 48.3 Å². The third kappa shape index (κ3) is 7.07. The monoisotopic (exact) mass is 504 g/mol. The molecule has 1 aromatic heterocycles. The Hall–Kier alpha value is -4.39. The van der Waals surface area contributed by atoms with Gasteiger partial charge in [0.2, 0.25) is 17.8 Å². The highest BCUT2D eigenvalue weighted by Crippen LogP contribution is 2.23. The van der Waals surface area contributed by atoms with Gasteiger partial charge in [-0.25, -0.2) is 9.38 Å². The van der Waals surface area contributed by atoms with Crippen molar-refractivity contribution in [3.05, 3.63) is 65.7 Å². The second-order valence-electron chi connectivity index (χ2n) is 8.95. The van der Waals surface area contributed by atoms with E-state index in [0.717, 1.165) is 35.1 Å². The molecule has 3 aromatic rings. The summed E-state index contributed by atoms with van der Waals surface area (Å²) in [6, 6.07) is 12.9. The first kappa shape index (κ1) is 25.7. The number of halogens is 1. The molecule has 1 aliphatic rings. The fraction of sp³-hybridized carbons (Fsp3) is 0.333. The van der Waals surface area contributed by atoms with Gasteiger partial charge in [-0.3, -0.25) is 14.9 Å². The van der Waals surface area contributed by atoms with Crippen LogP contribution in [0, 0.1) is 24.2 Å². The Bertz CT molecular complexity index is 1350. The summed E-state index contributed by atoms with van der Waals surface area (Å²) in [5.74, 6) is 0.0759. The minimum atomic E-state index is -0.731. The van der Waals surface area contributed by atoms with Crippen LogP contribution in [0.25, 0.3) is 11.0 Å². The molecule has 0 spiro atoms. The summed E-state index contributed by atoms with van der Waals surface area (Å²) in [6.07, 6.45) is 4.37. The highest BCUT2D eigenvalue weighted by Gasteiger charge is 2.28. The molecule has 192 valence electrons. The molecule has 1 saturated heterocycles. The van der Waals surface area contributed by atoms with Crippen LogP contribution in [-0.2, 0) is 16.0 Å². The molecule has 0 aliphatic carbocycles. The number of anilines is 1. The van der Waals surface area contributed by atoms with Gasteiger partial charge in [0.05, 0.1) is 6.54 Å². The molecule has 1 fully saturated rings. The van der Waals surface area contributed by atoms with Crippen LogP contribution in [0.5, 0.6) is 0 Å². The molecule has 0 bridgehead atoms. The van der Waals surface area contributed by atoms with E-state index in [4.69, 9.17) is 4.42 Å². The molecule has 1 atom stereocenters. The number of aliphatic imine (C=N–C) groups is 1. The largest absolute Gasteiger partial charge is 0.461 e. The van der Waals surface area contributed by atoms with E-state index in [0.29, 0.717) is 31.6 Å². The van der Waals surface area contributed by atoms with Gasteiger partial charge >= 0.3 is 0 Å². The van der Waals surface area contributed by atoms with Gasteiger partial charge in [0, 0.05) is 24.2 Å². The van der Waals surface area contributed by atoms with Crippen LogP contribution in [0.4, 0.5) is 10.1 Å². The normalized spacial score (nSPS) is 16.2. The third-order valence-corrected chi connectivity index (χ3v) is 6.07. The van der Waals surface area contributed by atoms with Crippen molar-refractivity contribution in [1.29, 1.82) is 5.26 Å². The van der Waals surface area contributed by atoms with E-state index in [9.17, 15) is 19.2 Å². The summed E-state index contributed by atoms with van der Waals surface area (Å²) in [6.45, 7) is 2.57. The molecule has 37 heavy (non-hydrogen) atoms. The second kappa shape index (κ2) is 12.0. The van der Waals surface area contributed by atoms with Gasteiger partial charge in [0.25, 0.3) is 0 Å². The fourth-order valence-corrected chi connectivity index (χ4v) is 4.32. The Labute approximate surface area is 214 Å². The number of fused-ring (bicyclic) bond motifs is 1. The number of nitrogens with zero attached hydrogens (tertiary/aromatic N) is 3. The van der Waals surface area contributed by atoms with Gasteiger partial charge < -0.3 is 20.0 Å². The summed E-state index contributed by atoms with van der Waals surface area (Å²) in [7, 11) is 0. The molecule has 10 heteroatoms. The molecule has 2 amide bonds. The number of nitrogens with one attached hydrogen (secondary N) is 3. The standard InChI is InChI=1S/C27H29FN6O3/c1-18-13-20-15-22(8-9-24(20)37-18)32-27(31-17-29)33-23-7-2-3-12-34(26(23)36)16-25(35)30-11-10-19-5-4-6-21(28)14-19/h4-6,8-9,13-15,23H,2-3,7,10-12,16H2,1H3,(H,30,35)(H2,31,32,33). The Balaban J connectivity index is 1.38. The zero-order chi connectivity index (χ0) is 26.2. The highest BCUT2D eigenvalue weighted by atomic mass is 19.1. The number of carbonyl (C=O) groups excluding carboxylic acids is 2. The number of hydrogen-bond acceptors (Lipinski definition) is 5. The van der Waals surface area contributed by atoms with Crippen molar-refractivity contribution < 1.29 is 18.4 Å². The smallest absolute Gasteiger partial charge is 0.247 e. The average molecular weight is 505 g/mol. The summed E-state index contributed by atoms with van der Waals surface area (Å²) in [5, 5.41) is 18.5. The van der Waals surface area contributed by atoms with Gasteiger partial charge in [-0.05, 0) is 74.6 Å². The molecule has 3 N–H and O–H groups in total. The Kier molecular flexibility index (Phi) is 8.36. The number of amides is 2. The maximum absolute atomic E-state index is 13.3. The number of guanidine groups is 1. The minimum Gasteiger partial charge on any atom is -0.461 e. The van der Waals surface area contributed by atoms with Crippen LogP contribution in [0.1, 0.15) is 30.6 Å². The van der Waals surface area contributed by atoms with E-state index in [-0.39, 0.29) is 30.1 Å². The van der Waals surface area contributed by atoms with Crippen molar-refractivity contribution in [3.8, 4) is 6.19 Å². The lowest BCUT2D eigenvalue weighted by molar-refractivity contribution is -0.136. The maximum atomic E-state index is 13.3. The van der Waals surface area contributed by atoms with Crippen LogP contribution >= 0.6 is 0 Å². The summed E-state index contributed by atoms with van der Waals surface area (Å²) in [5.41, 5.74) is 2.22. The van der Waals surface area contributed by atoms with E-state index in [1.165, 1.54) is 17.0 Å². The SMILES string of the molecule is Cc1cc2cc(NC(=NC3CCCCN(CC(=O)NCCc4cccc(F)c4)C3=O)NC#N)ccc2o1. The van der Waals surface area contributed by atoms with E-state index >= 15 is 0 Å². The van der Waals surface area contributed by atoms with E-state index < -0.39 is 6.04 Å². The summed E-state index contributed by atoms with van der Waals surface area (Å²) < 4.78 is 18.9. The first-order valence-corrected chi connectivity index (χ1v) is 12.2. The number of rotatable bonds is 7. The summed E-state index contributed by atoms with van der Waals surface area (Å²) >= 11 is 0. The second-order valence-corrected chi connectivity index (χ2v) is 8.95. The first-order chi connectivity index (χ1) is 17.9. The van der Waals surface area contributed by atoms with E-state index in [1.54, 1.807) is 18.2 Å². The zero-order valence-electron chi connectivity index (χ0n) is 20.6. The number of aryl methyl sites for hydroxylation is 1. The van der Waals surface area contributed by atoms with Gasteiger partial charge in [0.1, 0.15) is 23.2 Å². The Morgan fingerprint density at radius 3 is 2.92 bits per heavy atom. The molecule has 2 aromatic carbocycles. The van der Waals surface area contributed by atoms with Gasteiger partial charge in [-0.15, -0.1) is 0 Å². The predicted molar refractivity (Wildman–Crippen MR) is 138 cm³/mol. The first-order valence-electron chi connectivity index (χ1n) is 12.2. The number of benzene rings is 2. The molecule has 0 radical (unpaired) electrons. The zero-order valence-corrected chi connectivity index (χ0v) is 20.6. The molecule has 1 aliphatic heterocycles. The molecular weight excluding hydrogens is 475 g/mol. The number of furan rings is 1. The van der Waals surface area contributed by atoms with Crippen LogP contribution in [0.15, 0.2) is 57.9 Å². The van der Waals surface area contributed by atoms with Crippen molar-refractivity contribution >= 4 is 34.4 Å². The average Bonchev–Trinajstić information content (AvgIpc) is 3.15. The molecule has 0 saturated carbocycles. The molecule has 1 unspecified atom stereocenters. The van der Waals surface area contributed by atoms with Crippen molar-refractivity contribution in [1.82, 2.24) is 15.5 Å². The van der Waals surface area contributed by atoms with Crippen molar-refractivity contribution in [3.63, 3.8) is 0 Å².